The predicted molar refractivity (Wildman–Crippen MR) is 80.2 cm³/mol. The van der Waals surface area contributed by atoms with Crippen molar-refractivity contribution in [1.82, 2.24) is 0 Å². The number of amidine groups is 1. The van der Waals surface area contributed by atoms with Crippen molar-refractivity contribution in [2.45, 2.75) is 6.92 Å². The second kappa shape index (κ2) is 6.03. The topological polar surface area (TPSA) is 67.8 Å². The molecule has 0 atom stereocenters. The summed E-state index contributed by atoms with van der Waals surface area (Å²) >= 11 is 11.9. The molecule has 0 aliphatic carbocycles. The van der Waals surface area contributed by atoms with E-state index >= 15 is 0 Å². The average Bonchev–Trinajstić information content (AvgIpc) is 2.42. The summed E-state index contributed by atoms with van der Waals surface area (Å²) in [6.45, 7) is 1.85. The first kappa shape index (κ1) is 14.5. The summed E-state index contributed by atoms with van der Waals surface area (Å²) < 4.78 is 5.79. The second-order valence-corrected chi connectivity index (χ2v) is 4.96. The Balaban J connectivity index is 2.48. The fourth-order valence-corrected chi connectivity index (χ4v) is 2.16. The lowest BCUT2D eigenvalue weighted by Crippen LogP contribution is -2.14. The fourth-order valence-electron chi connectivity index (χ4n) is 1.71. The number of ether oxygens (including phenoxy) is 1. The molecule has 20 heavy (non-hydrogen) atoms. The lowest BCUT2D eigenvalue weighted by molar-refractivity contribution is 0.318. The number of benzene rings is 2. The molecule has 0 fully saturated rings. The Morgan fingerprint density at radius 2 is 2.00 bits per heavy atom. The largest absolute Gasteiger partial charge is 0.455 e. The summed E-state index contributed by atoms with van der Waals surface area (Å²) in [6, 6.07) is 10.3. The van der Waals surface area contributed by atoms with E-state index in [0.29, 0.717) is 27.1 Å². The lowest BCUT2D eigenvalue weighted by Gasteiger charge is -2.14. The Morgan fingerprint density at radius 1 is 1.25 bits per heavy atom. The van der Waals surface area contributed by atoms with Crippen LogP contribution in [0.15, 0.2) is 41.6 Å². The highest BCUT2D eigenvalue weighted by Gasteiger charge is 2.13. The minimum Gasteiger partial charge on any atom is -0.455 e. The molecule has 0 heterocycles. The summed E-state index contributed by atoms with van der Waals surface area (Å²) in [7, 11) is 0. The van der Waals surface area contributed by atoms with Crippen molar-refractivity contribution >= 4 is 29.0 Å². The summed E-state index contributed by atoms with van der Waals surface area (Å²) in [5, 5.41) is 12.7. The number of hydrogen-bond acceptors (Lipinski definition) is 3. The maximum Gasteiger partial charge on any atom is 0.173 e. The maximum absolute atomic E-state index is 8.82. The van der Waals surface area contributed by atoms with Crippen LogP contribution in [0.2, 0.25) is 10.0 Å². The first-order valence-electron chi connectivity index (χ1n) is 5.73. The normalized spacial score (nSPS) is 11.4. The van der Waals surface area contributed by atoms with Crippen LogP contribution < -0.4 is 10.5 Å². The first-order valence-corrected chi connectivity index (χ1v) is 6.49. The van der Waals surface area contributed by atoms with Crippen molar-refractivity contribution in [3.63, 3.8) is 0 Å². The van der Waals surface area contributed by atoms with E-state index in [-0.39, 0.29) is 5.84 Å². The molecule has 0 saturated heterocycles. The molecule has 0 aliphatic heterocycles. The van der Waals surface area contributed by atoms with Gasteiger partial charge in [-0.3, -0.25) is 0 Å². The molecule has 0 spiro atoms. The molecule has 4 nitrogen and oxygen atoms in total. The maximum atomic E-state index is 8.82. The molecule has 2 aromatic rings. The quantitative estimate of drug-likeness (QED) is 0.386. The van der Waals surface area contributed by atoms with Gasteiger partial charge in [-0.1, -0.05) is 40.5 Å². The zero-order valence-corrected chi connectivity index (χ0v) is 12.1. The van der Waals surface area contributed by atoms with Crippen LogP contribution in [0.1, 0.15) is 11.1 Å². The van der Waals surface area contributed by atoms with Gasteiger partial charge in [0.1, 0.15) is 11.5 Å². The van der Waals surface area contributed by atoms with Crippen molar-refractivity contribution in [3.8, 4) is 11.5 Å². The molecule has 0 saturated carbocycles. The van der Waals surface area contributed by atoms with Gasteiger partial charge in [-0.25, -0.2) is 0 Å². The Morgan fingerprint density at radius 3 is 2.65 bits per heavy atom. The number of hydrogen-bond donors (Lipinski definition) is 2. The Bertz CT molecular complexity index is 672. The zero-order valence-electron chi connectivity index (χ0n) is 10.6. The summed E-state index contributed by atoms with van der Waals surface area (Å²) in [5.41, 5.74) is 6.96. The Hall–Kier alpha value is -1.91. The number of rotatable bonds is 3. The standard InChI is InChI=1S/C14H12Cl2N2O2/c1-8-3-2-4-10(14(17)18-19)13(8)20-12-6-5-9(15)7-11(12)16/h2-7,19H,1H3,(H2,17,18). The van der Waals surface area contributed by atoms with E-state index in [1.54, 1.807) is 30.3 Å². The molecule has 2 rings (SSSR count). The SMILES string of the molecule is Cc1cccc(/C(N)=N/O)c1Oc1ccc(Cl)cc1Cl. The van der Waals surface area contributed by atoms with Crippen LogP contribution in [0.5, 0.6) is 11.5 Å². The molecule has 104 valence electrons. The molecular formula is C14H12Cl2N2O2. The highest BCUT2D eigenvalue weighted by Crippen LogP contribution is 2.34. The van der Waals surface area contributed by atoms with Gasteiger partial charge in [0.15, 0.2) is 5.84 Å². The number of nitrogens with two attached hydrogens (primary N) is 1. The van der Waals surface area contributed by atoms with Gasteiger partial charge in [0, 0.05) is 5.02 Å². The molecule has 3 N–H and O–H groups in total. The van der Waals surface area contributed by atoms with Gasteiger partial charge in [-0.15, -0.1) is 0 Å². The van der Waals surface area contributed by atoms with Crippen molar-refractivity contribution in [1.29, 1.82) is 0 Å². The van der Waals surface area contributed by atoms with Crippen molar-refractivity contribution in [2.75, 3.05) is 0 Å². The van der Waals surface area contributed by atoms with Crippen LogP contribution in [0.3, 0.4) is 0 Å². The van der Waals surface area contributed by atoms with Crippen LogP contribution >= 0.6 is 23.2 Å². The summed E-state index contributed by atoms with van der Waals surface area (Å²) in [5.74, 6) is 0.887. The monoisotopic (exact) mass is 310 g/mol. The van der Waals surface area contributed by atoms with E-state index in [1.165, 1.54) is 0 Å². The number of halogens is 2. The fraction of sp³-hybridized carbons (Fsp3) is 0.0714. The van der Waals surface area contributed by atoms with Crippen LogP contribution in [-0.4, -0.2) is 11.0 Å². The van der Waals surface area contributed by atoms with Crippen LogP contribution in [0.4, 0.5) is 0 Å². The van der Waals surface area contributed by atoms with Gasteiger partial charge in [-0.05, 0) is 36.8 Å². The van der Waals surface area contributed by atoms with Gasteiger partial charge in [0.2, 0.25) is 0 Å². The molecule has 0 bridgehead atoms. The van der Waals surface area contributed by atoms with Crippen molar-refractivity contribution < 1.29 is 9.94 Å². The van der Waals surface area contributed by atoms with Gasteiger partial charge in [-0.2, -0.15) is 0 Å². The van der Waals surface area contributed by atoms with E-state index in [4.69, 9.17) is 38.9 Å². The minimum absolute atomic E-state index is 0.0335. The van der Waals surface area contributed by atoms with E-state index < -0.39 is 0 Å². The van der Waals surface area contributed by atoms with Gasteiger partial charge in [0.05, 0.1) is 10.6 Å². The van der Waals surface area contributed by atoms with Gasteiger partial charge >= 0.3 is 0 Å². The third-order valence-corrected chi connectivity index (χ3v) is 3.23. The smallest absolute Gasteiger partial charge is 0.173 e. The predicted octanol–water partition coefficient (Wildman–Crippen LogP) is 4.19. The summed E-state index contributed by atoms with van der Waals surface area (Å²) in [6.07, 6.45) is 0. The second-order valence-electron chi connectivity index (χ2n) is 4.11. The number of para-hydroxylation sites is 1. The Kier molecular flexibility index (Phi) is 4.37. The van der Waals surface area contributed by atoms with Gasteiger partial charge < -0.3 is 15.7 Å². The van der Waals surface area contributed by atoms with Gasteiger partial charge in [0.25, 0.3) is 0 Å². The molecule has 2 aromatic carbocycles. The van der Waals surface area contributed by atoms with E-state index in [9.17, 15) is 0 Å². The number of nitrogens with zero attached hydrogens (tertiary/aromatic N) is 1. The highest BCUT2D eigenvalue weighted by molar-refractivity contribution is 6.35. The van der Waals surface area contributed by atoms with Crippen LogP contribution in [0.25, 0.3) is 0 Å². The first-order chi connectivity index (χ1) is 9.52. The third kappa shape index (κ3) is 2.98. The van der Waals surface area contributed by atoms with E-state index in [0.717, 1.165) is 5.56 Å². The summed E-state index contributed by atoms with van der Waals surface area (Å²) in [4.78, 5) is 0. The van der Waals surface area contributed by atoms with E-state index in [1.807, 2.05) is 13.0 Å². The molecular weight excluding hydrogens is 299 g/mol. The highest BCUT2D eigenvalue weighted by atomic mass is 35.5. The molecule has 0 unspecified atom stereocenters. The minimum atomic E-state index is -0.0335. The average molecular weight is 311 g/mol. The number of aryl methyl sites for hydroxylation is 1. The zero-order chi connectivity index (χ0) is 14.7. The van der Waals surface area contributed by atoms with Crippen LogP contribution in [0, 0.1) is 6.92 Å². The molecule has 0 aromatic heterocycles. The third-order valence-electron chi connectivity index (χ3n) is 2.70. The molecule has 0 amide bonds. The van der Waals surface area contributed by atoms with Crippen molar-refractivity contribution in [2.24, 2.45) is 10.9 Å². The van der Waals surface area contributed by atoms with E-state index in [2.05, 4.69) is 5.16 Å². The molecule has 6 heteroatoms. The molecule has 0 radical (unpaired) electrons. The van der Waals surface area contributed by atoms with Crippen LogP contribution in [-0.2, 0) is 0 Å². The van der Waals surface area contributed by atoms with Crippen molar-refractivity contribution in [3.05, 3.63) is 57.6 Å². The number of oxime groups is 1. The lowest BCUT2D eigenvalue weighted by atomic mass is 10.1. The Labute approximate surface area is 126 Å². The molecule has 0 aliphatic rings.